The molecule has 3 heteroatoms. The minimum atomic E-state index is -0.419. The van der Waals surface area contributed by atoms with Gasteiger partial charge in [-0.3, -0.25) is 9.78 Å². The smallest absolute Gasteiger partial charge is 0.248 e. The standard InChI is InChI=1S/C6H6N2O.C3H8/c7-6(9)5-1-3-8-4-2-5;1-3-2/h1-4H,(H2,7,9);3H2,1-2H3. The van der Waals surface area contributed by atoms with E-state index >= 15 is 0 Å². The highest BCUT2D eigenvalue weighted by Crippen LogP contribution is 1.91. The zero-order valence-corrected chi connectivity index (χ0v) is 7.45. The Kier molecular flexibility index (Phi) is 5.61. The van der Waals surface area contributed by atoms with Gasteiger partial charge < -0.3 is 5.73 Å². The first-order valence-electron chi connectivity index (χ1n) is 3.92. The van der Waals surface area contributed by atoms with E-state index in [1.807, 2.05) is 0 Å². The van der Waals surface area contributed by atoms with Crippen molar-refractivity contribution >= 4 is 5.91 Å². The minimum absolute atomic E-state index is 0.419. The Morgan fingerprint density at radius 2 is 1.83 bits per heavy atom. The normalized spacial score (nSPS) is 8.17. The van der Waals surface area contributed by atoms with Gasteiger partial charge >= 0.3 is 0 Å². The molecule has 66 valence electrons. The van der Waals surface area contributed by atoms with Gasteiger partial charge in [-0.25, -0.2) is 0 Å². The number of pyridine rings is 1. The molecule has 1 heterocycles. The van der Waals surface area contributed by atoms with Crippen molar-refractivity contribution < 1.29 is 4.79 Å². The maximum Gasteiger partial charge on any atom is 0.248 e. The lowest BCUT2D eigenvalue weighted by Gasteiger charge is -1.88. The van der Waals surface area contributed by atoms with Gasteiger partial charge in [-0.05, 0) is 12.1 Å². The molecule has 0 saturated carbocycles. The third-order valence-electron chi connectivity index (χ3n) is 0.965. The maximum atomic E-state index is 10.4. The molecule has 0 saturated heterocycles. The summed E-state index contributed by atoms with van der Waals surface area (Å²) in [6, 6.07) is 3.14. The van der Waals surface area contributed by atoms with Crippen LogP contribution >= 0.6 is 0 Å². The van der Waals surface area contributed by atoms with Crippen LogP contribution in [0.3, 0.4) is 0 Å². The van der Waals surface area contributed by atoms with Crippen molar-refractivity contribution in [2.24, 2.45) is 5.73 Å². The third kappa shape index (κ3) is 4.44. The van der Waals surface area contributed by atoms with Crippen molar-refractivity contribution in [3.8, 4) is 0 Å². The van der Waals surface area contributed by atoms with Crippen LogP contribution < -0.4 is 5.73 Å². The van der Waals surface area contributed by atoms with Crippen molar-refractivity contribution in [2.45, 2.75) is 20.3 Å². The van der Waals surface area contributed by atoms with Crippen LogP contribution in [0.1, 0.15) is 30.6 Å². The van der Waals surface area contributed by atoms with Gasteiger partial charge in [-0.15, -0.1) is 0 Å². The Bertz CT molecular complexity index is 221. The summed E-state index contributed by atoms with van der Waals surface area (Å²) in [6.45, 7) is 4.25. The van der Waals surface area contributed by atoms with E-state index < -0.39 is 5.91 Å². The number of hydrogen-bond acceptors (Lipinski definition) is 2. The monoisotopic (exact) mass is 166 g/mol. The van der Waals surface area contributed by atoms with Gasteiger partial charge in [0.1, 0.15) is 0 Å². The predicted octanol–water partition coefficient (Wildman–Crippen LogP) is 1.60. The Hall–Kier alpha value is -1.38. The molecule has 1 aromatic rings. The van der Waals surface area contributed by atoms with Crippen LogP contribution in [-0.2, 0) is 0 Å². The van der Waals surface area contributed by atoms with Crippen LogP contribution in [0.15, 0.2) is 24.5 Å². The summed E-state index contributed by atoms with van der Waals surface area (Å²) in [6.07, 6.45) is 4.31. The number of amides is 1. The predicted molar refractivity (Wildman–Crippen MR) is 48.7 cm³/mol. The molecule has 0 fully saturated rings. The lowest BCUT2D eigenvalue weighted by atomic mass is 10.3. The quantitative estimate of drug-likeness (QED) is 0.688. The lowest BCUT2D eigenvalue weighted by Crippen LogP contribution is -2.10. The van der Waals surface area contributed by atoms with Gasteiger partial charge in [0.15, 0.2) is 0 Å². The highest BCUT2D eigenvalue weighted by atomic mass is 16.1. The van der Waals surface area contributed by atoms with E-state index in [-0.39, 0.29) is 0 Å². The second-order valence-corrected chi connectivity index (χ2v) is 2.31. The van der Waals surface area contributed by atoms with E-state index in [0.29, 0.717) is 5.56 Å². The third-order valence-corrected chi connectivity index (χ3v) is 0.965. The first kappa shape index (κ1) is 10.6. The molecule has 0 bridgehead atoms. The molecule has 0 spiro atoms. The molecular weight excluding hydrogens is 152 g/mol. The van der Waals surface area contributed by atoms with Crippen molar-refractivity contribution in [1.29, 1.82) is 0 Å². The number of carbonyl (C=O) groups is 1. The number of carbonyl (C=O) groups excluding carboxylic acids is 1. The van der Waals surface area contributed by atoms with E-state index in [1.54, 1.807) is 12.1 Å². The van der Waals surface area contributed by atoms with Crippen LogP contribution in [-0.4, -0.2) is 10.9 Å². The van der Waals surface area contributed by atoms with Crippen LogP contribution in [0.4, 0.5) is 0 Å². The molecule has 1 rings (SSSR count). The zero-order chi connectivity index (χ0) is 9.40. The molecule has 0 aliphatic carbocycles. The molecular formula is C9H14N2O. The van der Waals surface area contributed by atoms with Gasteiger partial charge in [0.05, 0.1) is 0 Å². The Balaban J connectivity index is 0.000000354. The van der Waals surface area contributed by atoms with Crippen LogP contribution in [0.2, 0.25) is 0 Å². The summed E-state index contributed by atoms with van der Waals surface area (Å²) < 4.78 is 0. The topological polar surface area (TPSA) is 56.0 Å². The number of rotatable bonds is 1. The average Bonchev–Trinajstić information content (AvgIpc) is 2.07. The molecule has 0 aliphatic rings. The van der Waals surface area contributed by atoms with Crippen molar-refractivity contribution in [3.05, 3.63) is 30.1 Å². The van der Waals surface area contributed by atoms with Gasteiger partial charge in [0.2, 0.25) is 5.91 Å². The first-order valence-corrected chi connectivity index (χ1v) is 3.92. The van der Waals surface area contributed by atoms with Gasteiger partial charge in [-0.2, -0.15) is 0 Å². The van der Waals surface area contributed by atoms with Gasteiger partial charge in [0.25, 0.3) is 0 Å². The molecule has 1 aromatic heterocycles. The van der Waals surface area contributed by atoms with E-state index in [1.165, 1.54) is 18.8 Å². The SMILES string of the molecule is CCC.NC(=O)c1ccncc1. The molecule has 0 atom stereocenters. The Morgan fingerprint density at radius 1 is 1.42 bits per heavy atom. The number of aromatic nitrogens is 1. The van der Waals surface area contributed by atoms with Crippen LogP contribution in [0, 0.1) is 0 Å². The second-order valence-electron chi connectivity index (χ2n) is 2.31. The lowest BCUT2D eigenvalue weighted by molar-refractivity contribution is 0.1000. The molecule has 3 nitrogen and oxygen atoms in total. The number of hydrogen-bond donors (Lipinski definition) is 1. The fraction of sp³-hybridized carbons (Fsp3) is 0.333. The van der Waals surface area contributed by atoms with Crippen molar-refractivity contribution in [3.63, 3.8) is 0 Å². The number of nitrogens with two attached hydrogens (primary N) is 1. The average molecular weight is 166 g/mol. The Morgan fingerprint density at radius 3 is 2.08 bits per heavy atom. The van der Waals surface area contributed by atoms with Crippen LogP contribution in [0.25, 0.3) is 0 Å². The van der Waals surface area contributed by atoms with E-state index in [0.717, 1.165) is 0 Å². The number of nitrogens with zero attached hydrogens (tertiary/aromatic N) is 1. The van der Waals surface area contributed by atoms with E-state index in [4.69, 9.17) is 5.73 Å². The minimum Gasteiger partial charge on any atom is -0.366 e. The van der Waals surface area contributed by atoms with E-state index in [9.17, 15) is 4.79 Å². The number of primary amides is 1. The summed E-state index contributed by atoms with van der Waals surface area (Å²) in [5.41, 5.74) is 5.44. The largest absolute Gasteiger partial charge is 0.366 e. The summed E-state index contributed by atoms with van der Waals surface area (Å²) in [5.74, 6) is -0.419. The molecule has 0 aromatic carbocycles. The molecule has 0 unspecified atom stereocenters. The molecule has 12 heavy (non-hydrogen) atoms. The highest BCUT2D eigenvalue weighted by molar-refractivity contribution is 5.92. The van der Waals surface area contributed by atoms with E-state index in [2.05, 4.69) is 18.8 Å². The fourth-order valence-corrected chi connectivity index (χ4v) is 0.516. The highest BCUT2D eigenvalue weighted by Gasteiger charge is 1.94. The van der Waals surface area contributed by atoms with Crippen molar-refractivity contribution in [2.75, 3.05) is 0 Å². The Labute approximate surface area is 72.6 Å². The first-order chi connectivity index (χ1) is 5.72. The van der Waals surface area contributed by atoms with Crippen LogP contribution in [0.5, 0.6) is 0 Å². The zero-order valence-electron chi connectivity index (χ0n) is 7.45. The summed E-state index contributed by atoms with van der Waals surface area (Å²) in [4.78, 5) is 14.1. The maximum absolute atomic E-state index is 10.4. The fourth-order valence-electron chi connectivity index (χ4n) is 0.516. The molecule has 1 amide bonds. The molecule has 2 N–H and O–H groups in total. The molecule has 0 aliphatic heterocycles. The van der Waals surface area contributed by atoms with Gasteiger partial charge in [-0.1, -0.05) is 20.3 Å². The van der Waals surface area contributed by atoms with Gasteiger partial charge in [0, 0.05) is 18.0 Å². The summed E-state index contributed by atoms with van der Waals surface area (Å²) >= 11 is 0. The summed E-state index contributed by atoms with van der Waals surface area (Å²) in [5, 5.41) is 0. The second kappa shape index (κ2) is 6.34. The van der Waals surface area contributed by atoms with Crippen molar-refractivity contribution in [1.82, 2.24) is 4.98 Å². The molecule has 0 radical (unpaired) electrons. The summed E-state index contributed by atoms with van der Waals surface area (Å²) in [7, 11) is 0.